The van der Waals surface area contributed by atoms with Gasteiger partial charge in [-0.2, -0.15) is 0 Å². The van der Waals surface area contributed by atoms with Crippen molar-refractivity contribution in [1.82, 2.24) is 4.90 Å². The van der Waals surface area contributed by atoms with Crippen LogP contribution >= 0.6 is 11.8 Å². The standard InChI is InChI=1S/C29H35N3O4S/c1-7-32-24-13-18(3)20(14-23(24)19(4)16-29(32,5)6)15-25-27(34)31(28(35)37-25)17-26(33)30-21-9-11-22(12-10-21)36-8-2/h9-15,19H,7-8,16-17H2,1-6H3,(H,30,33)/b25-15-/t19-/m1/s1. The van der Waals surface area contributed by atoms with Crippen molar-refractivity contribution in [1.29, 1.82) is 0 Å². The number of anilines is 2. The van der Waals surface area contributed by atoms with Crippen molar-refractivity contribution < 1.29 is 19.1 Å². The Morgan fingerprint density at radius 1 is 1.19 bits per heavy atom. The fourth-order valence-corrected chi connectivity index (χ4v) is 6.16. The summed E-state index contributed by atoms with van der Waals surface area (Å²) >= 11 is 0.876. The van der Waals surface area contributed by atoms with E-state index >= 15 is 0 Å². The molecular weight excluding hydrogens is 486 g/mol. The van der Waals surface area contributed by atoms with Crippen molar-refractivity contribution >= 4 is 46.3 Å². The molecule has 1 saturated heterocycles. The summed E-state index contributed by atoms with van der Waals surface area (Å²) in [5.74, 6) is 0.198. The Labute approximate surface area is 223 Å². The molecule has 1 N–H and O–H groups in total. The van der Waals surface area contributed by atoms with E-state index in [-0.39, 0.29) is 12.1 Å². The third-order valence-corrected chi connectivity index (χ3v) is 7.91. The second-order valence-corrected chi connectivity index (χ2v) is 11.2. The molecule has 0 aliphatic carbocycles. The smallest absolute Gasteiger partial charge is 0.294 e. The van der Waals surface area contributed by atoms with Gasteiger partial charge in [-0.05, 0) is 118 Å². The van der Waals surface area contributed by atoms with Crippen molar-refractivity contribution in [3.8, 4) is 5.75 Å². The molecule has 0 aromatic heterocycles. The largest absolute Gasteiger partial charge is 0.494 e. The SMILES string of the molecule is CCOc1ccc(NC(=O)CN2C(=O)S/C(=C\c3cc4c(cc3C)N(CC)C(C)(C)C[C@H]4C)C2=O)cc1. The van der Waals surface area contributed by atoms with Crippen molar-refractivity contribution in [2.45, 2.75) is 59.4 Å². The Bertz CT molecular complexity index is 1250. The molecule has 3 amide bonds. The van der Waals surface area contributed by atoms with E-state index in [1.165, 1.54) is 11.3 Å². The van der Waals surface area contributed by atoms with E-state index in [2.05, 4.69) is 50.0 Å². The van der Waals surface area contributed by atoms with Crippen LogP contribution in [0.1, 0.15) is 63.6 Å². The highest BCUT2D eigenvalue weighted by atomic mass is 32.2. The number of nitrogens with zero attached hydrogens (tertiary/aromatic N) is 2. The van der Waals surface area contributed by atoms with Crippen LogP contribution < -0.4 is 15.0 Å². The number of ether oxygens (including phenoxy) is 1. The lowest BCUT2D eigenvalue weighted by Crippen LogP contribution is -2.48. The van der Waals surface area contributed by atoms with Crippen molar-refractivity contribution in [2.24, 2.45) is 0 Å². The average Bonchev–Trinajstić information content (AvgIpc) is 3.08. The number of thioether (sulfide) groups is 1. The van der Waals surface area contributed by atoms with Gasteiger partial charge in [0.15, 0.2) is 0 Å². The van der Waals surface area contributed by atoms with Crippen LogP contribution in [0.25, 0.3) is 6.08 Å². The lowest BCUT2D eigenvalue weighted by molar-refractivity contribution is -0.127. The molecule has 4 rings (SSSR count). The van der Waals surface area contributed by atoms with Crippen LogP contribution in [0.3, 0.4) is 0 Å². The molecule has 0 spiro atoms. The number of carbonyl (C=O) groups is 3. The molecule has 8 heteroatoms. The van der Waals surface area contributed by atoms with Crippen LogP contribution in [0.5, 0.6) is 5.75 Å². The Morgan fingerprint density at radius 3 is 2.54 bits per heavy atom. The molecule has 1 fully saturated rings. The fraction of sp³-hybridized carbons (Fsp3) is 0.414. The van der Waals surface area contributed by atoms with Gasteiger partial charge in [0.25, 0.3) is 11.1 Å². The predicted octanol–water partition coefficient (Wildman–Crippen LogP) is 6.18. The monoisotopic (exact) mass is 521 g/mol. The third kappa shape index (κ3) is 5.54. The molecule has 37 heavy (non-hydrogen) atoms. The summed E-state index contributed by atoms with van der Waals surface area (Å²) in [4.78, 5) is 42.1. The quantitative estimate of drug-likeness (QED) is 0.438. The number of hydrogen-bond acceptors (Lipinski definition) is 6. The molecule has 2 aliphatic rings. The number of fused-ring (bicyclic) bond motifs is 1. The summed E-state index contributed by atoms with van der Waals surface area (Å²) in [5.41, 5.74) is 5.10. The normalized spacial score (nSPS) is 19.8. The minimum absolute atomic E-state index is 0.0731. The van der Waals surface area contributed by atoms with Crippen LogP contribution in [0.4, 0.5) is 16.2 Å². The van der Waals surface area contributed by atoms with Crippen molar-refractivity contribution in [3.05, 3.63) is 58.0 Å². The molecule has 0 bridgehead atoms. The van der Waals surface area contributed by atoms with E-state index in [9.17, 15) is 14.4 Å². The molecule has 0 radical (unpaired) electrons. The molecule has 7 nitrogen and oxygen atoms in total. The molecule has 2 heterocycles. The second kappa shape index (κ2) is 10.6. The van der Waals surface area contributed by atoms with Gasteiger partial charge in [-0.1, -0.05) is 6.92 Å². The number of aryl methyl sites for hydroxylation is 1. The Kier molecular flexibility index (Phi) is 7.69. The van der Waals surface area contributed by atoms with Crippen LogP contribution in [0.15, 0.2) is 41.3 Å². The van der Waals surface area contributed by atoms with Crippen LogP contribution in [0, 0.1) is 6.92 Å². The highest BCUT2D eigenvalue weighted by Crippen LogP contribution is 2.45. The number of nitrogens with one attached hydrogen (secondary N) is 1. The number of carbonyl (C=O) groups excluding carboxylic acids is 3. The summed E-state index contributed by atoms with van der Waals surface area (Å²) in [5, 5.41) is 2.29. The van der Waals surface area contributed by atoms with Gasteiger partial charge in [0.1, 0.15) is 12.3 Å². The summed E-state index contributed by atoms with van der Waals surface area (Å²) in [7, 11) is 0. The van der Waals surface area contributed by atoms with Crippen molar-refractivity contribution in [3.63, 3.8) is 0 Å². The van der Waals surface area contributed by atoms with Gasteiger partial charge >= 0.3 is 0 Å². The first-order chi connectivity index (χ1) is 17.5. The minimum Gasteiger partial charge on any atom is -0.494 e. The summed E-state index contributed by atoms with van der Waals surface area (Å²) < 4.78 is 5.41. The van der Waals surface area contributed by atoms with Gasteiger partial charge in [-0.3, -0.25) is 19.3 Å². The molecule has 0 unspecified atom stereocenters. The lowest BCUT2D eigenvalue weighted by Gasteiger charge is -2.47. The van der Waals surface area contributed by atoms with Gasteiger partial charge in [-0.15, -0.1) is 0 Å². The van der Waals surface area contributed by atoms with Crippen LogP contribution in [-0.2, 0) is 9.59 Å². The molecule has 2 aromatic carbocycles. The molecule has 196 valence electrons. The maximum atomic E-state index is 13.1. The second-order valence-electron chi connectivity index (χ2n) is 10.2. The number of rotatable bonds is 7. The molecule has 2 aromatic rings. The first-order valence-corrected chi connectivity index (χ1v) is 13.6. The van der Waals surface area contributed by atoms with E-state index in [1.54, 1.807) is 30.3 Å². The maximum absolute atomic E-state index is 13.1. The van der Waals surface area contributed by atoms with E-state index in [0.29, 0.717) is 28.9 Å². The lowest BCUT2D eigenvalue weighted by atomic mass is 9.79. The zero-order valence-corrected chi connectivity index (χ0v) is 23.2. The third-order valence-electron chi connectivity index (χ3n) is 7.00. The van der Waals surface area contributed by atoms with Gasteiger partial charge < -0.3 is 15.0 Å². The van der Waals surface area contributed by atoms with Gasteiger partial charge in [0.05, 0.1) is 11.5 Å². The fourth-order valence-electron chi connectivity index (χ4n) is 5.33. The minimum atomic E-state index is -0.446. The van der Waals surface area contributed by atoms with Gasteiger partial charge in [-0.25, -0.2) is 0 Å². The average molecular weight is 522 g/mol. The zero-order chi connectivity index (χ0) is 26.9. The first kappa shape index (κ1) is 26.8. The van der Waals surface area contributed by atoms with Gasteiger partial charge in [0.2, 0.25) is 5.91 Å². The van der Waals surface area contributed by atoms with E-state index in [1.807, 2.05) is 13.8 Å². The number of benzene rings is 2. The predicted molar refractivity (Wildman–Crippen MR) is 150 cm³/mol. The number of hydrogen-bond donors (Lipinski definition) is 1. The van der Waals surface area contributed by atoms with E-state index in [0.717, 1.165) is 40.8 Å². The number of amides is 3. The molecular formula is C29H35N3O4S. The van der Waals surface area contributed by atoms with Crippen molar-refractivity contribution in [2.75, 3.05) is 29.9 Å². The Hall–Kier alpha value is -3.26. The zero-order valence-electron chi connectivity index (χ0n) is 22.4. The highest BCUT2D eigenvalue weighted by Gasteiger charge is 2.38. The molecule has 0 saturated carbocycles. The summed E-state index contributed by atoms with van der Waals surface area (Å²) in [6.45, 7) is 14.0. The highest BCUT2D eigenvalue weighted by molar-refractivity contribution is 8.18. The van der Waals surface area contributed by atoms with Crippen LogP contribution in [0.2, 0.25) is 0 Å². The summed E-state index contributed by atoms with van der Waals surface area (Å²) in [6.07, 6.45) is 2.82. The maximum Gasteiger partial charge on any atom is 0.294 e. The molecule has 1 atom stereocenters. The summed E-state index contributed by atoms with van der Waals surface area (Å²) in [6, 6.07) is 11.3. The Morgan fingerprint density at radius 2 is 1.89 bits per heavy atom. The van der Waals surface area contributed by atoms with Crippen LogP contribution in [-0.4, -0.2) is 47.2 Å². The Balaban J connectivity index is 1.51. The van der Waals surface area contributed by atoms with Gasteiger partial charge in [0, 0.05) is 23.5 Å². The van der Waals surface area contributed by atoms with E-state index < -0.39 is 17.1 Å². The number of imide groups is 1. The van der Waals surface area contributed by atoms with E-state index in [4.69, 9.17) is 4.74 Å². The molecule has 2 aliphatic heterocycles. The topological polar surface area (TPSA) is 79.0 Å². The first-order valence-electron chi connectivity index (χ1n) is 12.7.